The molecule has 6 nitrogen and oxygen atoms in total. The number of anilines is 1. The van der Waals surface area contributed by atoms with E-state index < -0.39 is 0 Å². The van der Waals surface area contributed by atoms with Gasteiger partial charge in [0.1, 0.15) is 5.75 Å². The van der Waals surface area contributed by atoms with Crippen molar-refractivity contribution in [3.63, 3.8) is 0 Å². The minimum atomic E-state index is 0.580. The summed E-state index contributed by atoms with van der Waals surface area (Å²) in [5.74, 6) is 1.92. The van der Waals surface area contributed by atoms with Crippen LogP contribution < -0.4 is 15.0 Å². The summed E-state index contributed by atoms with van der Waals surface area (Å²) in [6.45, 7) is 13.7. The molecular weight excluding hydrogens is 326 g/mol. The highest BCUT2D eigenvalue weighted by atomic mass is 16.5. The molecular formula is C20H35N5O. The predicted molar refractivity (Wildman–Crippen MR) is 111 cm³/mol. The Labute approximate surface area is 158 Å². The molecule has 0 unspecified atom stereocenters. The van der Waals surface area contributed by atoms with Crippen LogP contribution in [0.2, 0.25) is 0 Å². The average Bonchev–Trinajstić information content (AvgIpc) is 2.68. The number of rotatable bonds is 7. The van der Waals surface area contributed by atoms with E-state index in [0.717, 1.165) is 57.5 Å². The standard InChI is InChI=1S/C20H35N5O/c1-6-23(17(2)3)12-11-22-20(21-4)25-15-13-24(14-16-25)18-7-9-19(26-5)10-8-18/h7-10,17H,6,11-16H2,1-5H3,(H,21,22). The van der Waals surface area contributed by atoms with E-state index in [1.807, 2.05) is 19.2 Å². The number of likely N-dealkylation sites (N-methyl/N-ethyl adjacent to an activating group) is 1. The van der Waals surface area contributed by atoms with Crippen LogP contribution in [0.5, 0.6) is 5.75 Å². The van der Waals surface area contributed by atoms with Gasteiger partial charge in [0.15, 0.2) is 5.96 Å². The third-order valence-electron chi connectivity index (χ3n) is 5.05. The molecule has 1 heterocycles. The Hall–Kier alpha value is -1.95. The van der Waals surface area contributed by atoms with Crippen LogP contribution in [0.3, 0.4) is 0 Å². The first-order valence-electron chi connectivity index (χ1n) is 9.67. The van der Waals surface area contributed by atoms with E-state index in [0.29, 0.717) is 6.04 Å². The van der Waals surface area contributed by atoms with E-state index in [9.17, 15) is 0 Å². The highest BCUT2D eigenvalue weighted by Gasteiger charge is 2.20. The Balaban J connectivity index is 1.81. The first kappa shape index (κ1) is 20.4. The second kappa shape index (κ2) is 10.3. The van der Waals surface area contributed by atoms with Gasteiger partial charge in [-0.05, 0) is 44.7 Å². The van der Waals surface area contributed by atoms with Crippen LogP contribution in [0.25, 0.3) is 0 Å². The molecule has 0 bridgehead atoms. The van der Waals surface area contributed by atoms with Crippen molar-refractivity contribution in [2.45, 2.75) is 26.8 Å². The van der Waals surface area contributed by atoms with E-state index in [1.165, 1.54) is 5.69 Å². The maximum atomic E-state index is 5.24. The molecule has 0 saturated carbocycles. The molecule has 1 aromatic carbocycles. The average molecular weight is 362 g/mol. The molecule has 0 spiro atoms. The topological polar surface area (TPSA) is 43.3 Å². The molecule has 26 heavy (non-hydrogen) atoms. The molecule has 0 radical (unpaired) electrons. The molecule has 1 aliphatic rings. The van der Waals surface area contributed by atoms with E-state index in [2.05, 4.69) is 57.9 Å². The summed E-state index contributed by atoms with van der Waals surface area (Å²) >= 11 is 0. The number of hydrogen-bond donors (Lipinski definition) is 1. The number of piperazine rings is 1. The molecule has 1 aromatic rings. The van der Waals surface area contributed by atoms with Crippen molar-refractivity contribution < 1.29 is 4.74 Å². The van der Waals surface area contributed by atoms with Crippen LogP contribution in [0, 0.1) is 0 Å². The van der Waals surface area contributed by atoms with Gasteiger partial charge in [0.05, 0.1) is 7.11 Å². The lowest BCUT2D eigenvalue weighted by Gasteiger charge is -2.38. The summed E-state index contributed by atoms with van der Waals surface area (Å²) in [6.07, 6.45) is 0. The summed E-state index contributed by atoms with van der Waals surface area (Å²) in [5, 5.41) is 3.53. The zero-order valence-electron chi connectivity index (χ0n) is 17.0. The number of nitrogens with zero attached hydrogens (tertiary/aromatic N) is 4. The van der Waals surface area contributed by atoms with Gasteiger partial charge in [-0.1, -0.05) is 6.92 Å². The zero-order chi connectivity index (χ0) is 18.9. The summed E-state index contributed by atoms with van der Waals surface area (Å²) in [5.41, 5.74) is 1.25. The monoisotopic (exact) mass is 361 g/mol. The van der Waals surface area contributed by atoms with Gasteiger partial charge in [-0.15, -0.1) is 0 Å². The number of hydrogen-bond acceptors (Lipinski definition) is 4. The number of guanidine groups is 1. The second-order valence-corrected chi connectivity index (χ2v) is 6.87. The quantitative estimate of drug-likeness (QED) is 0.595. The number of nitrogens with one attached hydrogen (secondary N) is 1. The summed E-state index contributed by atoms with van der Waals surface area (Å²) < 4.78 is 5.24. The number of ether oxygens (including phenoxy) is 1. The van der Waals surface area contributed by atoms with E-state index in [1.54, 1.807) is 7.11 Å². The van der Waals surface area contributed by atoms with Crippen molar-refractivity contribution in [3.05, 3.63) is 24.3 Å². The highest BCUT2D eigenvalue weighted by molar-refractivity contribution is 5.80. The number of methoxy groups -OCH3 is 1. The Morgan fingerprint density at radius 3 is 2.35 bits per heavy atom. The fraction of sp³-hybridized carbons (Fsp3) is 0.650. The lowest BCUT2D eigenvalue weighted by Crippen LogP contribution is -2.53. The molecule has 6 heteroatoms. The lowest BCUT2D eigenvalue weighted by atomic mass is 10.2. The van der Waals surface area contributed by atoms with Gasteiger partial charge in [-0.25, -0.2) is 0 Å². The first-order chi connectivity index (χ1) is 12.6. The minimum Gasteiger partial charge on any atom is -0.497 e. The van der Waals surface area contributed by atoms with Crippen LogP contribution in [0.15, 0.2) is 29.3 Å². The highest BCUT2D eigenvalue weighted by Crippen LogP contribution is 2.20. The van der Waals surface area contributed by atoms with Crippen LogP contribution in [0.4, 0.5) is 5.69 Å². The zero-order valence-corrected chi connectivity index (χ0v) is 17.0. The molecule has 1 aliphatic heterocycles. The van der Waals surface area contributed by atoms with Crippen molar-refractivity contribution in [2.75, 3.05) is 64.9 Å². The van der Waals surface area contributed by atoms with Crippen molar-refractivity contribution in [1.29, 1.82) is 0 Å². The lowest BCUT2D eigenvalue weighted by molar-refractivity contribution is 0.236. The van der Waals surface area contributed by atoms with Crippen LogP contribution >= 0.6 is 0 Å². The molecule has 0 aromatic heterocycles. The molecule has 1 N–H and O–H groups in total. The van der Waals surface area contributed by atoms with Gasteiger partial charge in [-0.2, -0.15) is 0 Å². The Morgan fingerprint density at radius 2 is 1.85 bits per heavy atom. The Bertz CT molecular complexity index is 550. The fourth-order valence-corrected chi connectivity index (χ4v) is 3.39. The van der Waals surface area contributed by atoms with Gasteiger partial charge >= 0.3 is 0 Å². The molecule has 1 saturated heterocycles. The van der Waals surface area contributed by atoms with Crippen molar-refractivity contribution in [3.8, 4) is 5.75 Å². The SMILES string of the molecule is CCN(CCNC(=NC)N1CCN(c2ccc(OC)cc2)CC1)C(C)C. The molecule has 1 fully saturated rings. The van der Waals surface area contributed by atoms with Gasteiger partial charge in [0, 0.05) is 58.0 Å². The maximum Gasteiger partial charge on any atom is 0.193 e. The van der Waals surface area contributed by atoms with Gasteiger partial charge in [-0.3, -0.25) is 9.89 Å². The smallest absolute Gasteiger partial charge is 0.193 e. The van der Waals surface area contributed by atoms with Gasteiger partial charge < -0.3 is 19.9 Å². The van der Waals surface area contributed by atoms with Crippen LogP contribution in [0.1, 0.15) is 20.8 Å². The number of benzene rings is 1. The van der Waals surface area contributed by atoms with Crippen molar-refractivity contribution in [2.24, 2.45) is 4.99 Å². The molecule has 0 aliphatic carbocycles. The molecule has 2 rings (SSSR count). The van der Waals surface area contributed by atoms with Gasteiger partial charge in [0.25, 0.3) is 0 Å². The molecule has 146 valence electrons. The normalized spacial score (nSPS) is 15.7. The number of aliphatic imine (C=N–C) groups is 1. The largest absolute Gasteiger partial charge is 0.497 e. The van der Waals surface area contributed by atoms with Crippen LogP contribution in [-0.2, 0) is 0 Å². The summed E-state index contributed by atoms with van der Waals surface area (Å²) in [7, 11) is 3.57. The summed E-state index contributed by atoms with van der Waals surface area (Å²) in [6, 6.07) is 8.89. The van der Waals surface area contributed by atoms with Gasteiger partial charge in [0.2, 0.25) is 0 Å². The Morgan fingerprint density at radius 1 is 1.19 bits per heavy atom. The molecule has 0 amide bonds. The fourth-order valence-electron chi connectivity index (χ4n) is 3.39. The predicted octanol–water partition coefficient (Wildman–Crippen LogP) is 2.12. The maximum absolute atomic E-state index is 5.24. The van der Waals surface area contributed by atoms with E-state index in [4.69, 9.17) is 4.74 Å². The van der Waals surface area contributed by atoms with Crippen molar-refractivity contribution in [1.82, 2.24) is 15.1 Å². The Kier molecular flexibility index (Phi) is 8.04. The first-order valence-corrected chi connectivity index (χ1v) is 9.67. The van der Waals surface area contributed by atoms with Crippen LogP contribution in [-0.4, -0.2) is 81.8 Å². The van der Waals surface area contributed by atoms with E-state index >= 15 is 0 Å². The van der Waals surface area contributed by atoms with Crippen molar-refractivity contribution >= 4 is 11.6 Å². The third kappa shape index (κ3) is 5.53. The molecule has 0 atom stereocenters. The third-order valence-corrected chi connectivity index (χ3v) is 5.05. The van der Waals surface area contributed by atoms with E-state index in [-0.39, 0.29) is 0 Å². The summed E-state index contributed by atoms with van der Waals surface area (Å²) in [4.78, 5) is 11.7. The minimum absolute atomic E-state index is 0.580. The second-order valence-electron chi connectivity index (χ2n) is 6.87.